The number of hydrogen-bond acceptors (Lipinski definition) is 2. The minimum Gasteiger partial charge on any atom is -0.312 e. The molecule has 2 aliphatic rings. The van der Waals surface area contributed by atoms with Crippen LogP contribution >= 0.6 is 22.9 Å². The van der Waals surface area contributed by atoms with Gasteiger partial charge in [0.25, 0.3) is 0 Å². The Morgan fingerprint density at radius 3 is 2.82 bits per heavy atom. The first-order valence-electron chi connectivity index (χ1n) is 6.68. The van der Waals surface area contributed by atoms with Crippen molar-refractivity contribution in [2.75, 3.05) is 7.05 Å². The van der Waals surface area contributed by atoms with Gasteiger partial charge in [0.2, 0.25) is 0 Å². The Bertz CT molecular complexity index is 389. The third-order valence-electron chi connectivity index (χ3n) is 4.71. The summed E-state index contributed by atoms with van der Waals surface area (Å²) in [5.74, 6) is 3.02. The second kappa shape index (κ2) is 4.91. The van der Waals surface area contributed by atoms with E-state index < -0.39 is 0 Å². The molecular formula is C14H20ClNS. The van der Waals surface area contributed by atoms with Crippen molar-refractivity contribution in [3.05, 3.63) is 21.3 Å². The summed E-state index contributed by atoms with van der Waals surface area (Å²) in [6.45, 7) is 0. The lowest BCUT2D eigenvalue weighted by Crippen LogP contribution is -2.21. The molecule has 3 heteroatoms. The summed E-state index contributed by atoms with van der Waals surface area (Å²) in [4.78, 5) is 1.40. The average Bonchev–Trinajstić information content (AvgIpc) is 3.01. The van der Waals surface area contributed by atoms with Crippen molar-refractivity contribution in [2.24, 2.45) is 17.8 Å². The maximum Gasteiger partial charge on any atom is 0.0931 e. The summed E-state index contributed by atoms with van der Waals surface area (Å²) >= 11 is 7.76. The number of halogens is 1. The highest BCUT2D eigenvalue weighted by atomic mass is 35.5. The monoisotopic (exact) mass is 269 g/mol. The molecule has 0 aliphatic heterocycles. The number of nitrogens with one attached hydrogen (secondary N) is 1. The molecule has 2 bridgehead atoms. The van der Waals surface area contributed by atoms with E-state index in [1.165, 1.54) is 37.0 Å². The SMILES string of the molecule is CNC(CC1CC2CCC1C2)c1ccc(Cl)s1. The Labute approximate surface area is 113 Å². The van der Waals surface area contributed by atoms with Gasteiger partial charge in [-0.2, -0.15) is 0 Å². The number of hydrogen-bond donors (Lipinski definition) is 1. The van der Waals surface area contributed by atoms with Gasteiger partial charge < -0.3 is 5.32 Å². The predicted octanol–water partition coefficient (Wildman–Crippen LogP) is 4.49. The van der Waals surface area contributed by atoms with Crippen LogP contribution in [0.3, 0.4) is 0 Å². The van der Waals surface area contributed by atoms with E-state index in [9.17, 15) is 0 Å². The molecule has 0 aromatic carbocycles. The van der Waals surface area contributed by atoms with Gasteiger partial charge in [-0.1, -0.05) is 18.0 Å². The largest absolute Gasteiger partial charge is 0.312 e. The van der Waals surface area contributed by atoms with Crippen LogP contribution in [-0.4, -0.2) is 7.05 Å². The van der Waals surface area contributed by atoms with Crippen LogP contribution in [0.1, 0.15) is 43.0 Å². The van der Waals surface area contributed by atoms with Gasteiger partial charge in [0.1, 0.15) is 0 Å². The molecular weight excluding hydrogens is 250 g/mol. The normalized spacial score (nSPS) is 33.2. The highest BCUT2D eigenvalue weighted by Crippen LogP contribution is 2.51. The zero-order valence-corrected chi connectivity index (χ0v) is 11.9. The van der Waals surface area contributed by atoms with E-state index >= 15 is 0 Å². The first-order valence-corrected chi connectivity index (χ1v) is 7.88. The quantitative estimate of drug-likeness (QED) is 0.849. The van der Waals surface area contributed by atoms with Gasteiger partial charge in [0.15, 0.2) is 0 Å². The van der Waals surface area contributed by atoms with Crippen LogP contribution in [0.5, 0.6) is 0 Å². The second-order valence-corrected chi connectivity index (χ2v) is 7.40. The fourth-order valence-corrected chi connectivity index (χ4v) is 5.04. The highest BCUT2D eigenvalue weighted by Gasteiger charge is 2.40. The lowest BCUT2D eigenvalue weighted by molar-refractivity contribution is 0.285. The Hall–Kier alpha value is -0.0500. The third kappa shape index (κ3) is 2.40. The van der Waals surface area contributed by atoms with Crippen LogP contribution in [-0.2, 0) is 0 Å². The van der Waals surface area contributed by atoms with Crippen LogP contribution in [0, 0.1) is 17.8 Å². The van der Waals surface area contributed by atoms with E-state index in [1.54, 1.807) is 11.3 Å². The topological polar surface area (TPSA) is 12.0 Å². The van der Waals surface area contributed by atoms with Crippen LogP contribution < -0.4 is 5.32 Å². The summed E-state index contributed by atoms with van der Waals surface area (Å²) in [6.07, 6.45) is 7.26. The van der Waals surface area contributed by atoms with Gasteiger partial charge in [-0.15, -0.1) is 11.3 Å². The molecule has 0 amide bonds. The number of rotatable bonds is 4. The molecule has 2 fully saturated rings. The summed E-state index contributed by atoms with van der Waals surface area (Å²) in [5.41, 5.74) is 0. The summed E-state index contributed by atoms with van der Waals surface area (Å²) in [5, 5.41) is 3.47. The van der Waals surface area contributed by atoms with Crippen molar-refractivity contribution in [1.82, 2.24) is 5.32 Å². The average molecular weight is 270 g/mol. The van der Waals surface area contributed by atoms with Crippen molar-refractivity contribution < 1.29 is 0 Å². The number of thiophene rings is 1. The molecule has 4 unspecified atom stereocenters. The Balaban J connectivity index is 1.66. The molecule has 1 nitrogen and oxygen atoms in total. The van der Waals surface area contributed by atoms with Gasteiger partial charge in [-0.3, -0.25) is 0 Å². The second-order valence-electron chi connectivity index (χ2n) is 5.65. The molecule has 0 spiro atoms. The van der Waals surface area contributed by atoms with E-state index in [4.69, 9.17) is 11.6 Å². The number of fused-ring (bicyclic) bond motifs is 2. The van der Waals surface area contributed by atoms with E-state index in [2.05, 4.69) is 18.4 Å². The molecule has 3 rings (SSSR count). The van der Waals surface area contributed by atoms with Gasteiger partial charge in [0.05, 0.1) is 4.34 Å². The molecule has 94 valence electrons. The maximum absolute atomic E-state index is 6.03. The minimum atomic E-state index is 0.511. The molecule has 0 radical (unpaired) electrons. The van der Waals surface area contributed by atoms with Crippen LogP contribution in [0.2, 0.25) is 4.34 Å². The standard InChI is InChI=1S/C14H20ClNS/c1-16-12(13-4-5-14(15)17-13)8-11-7-9-2-3-10(11)6-9/h4-5,9-12,16H,2-3,6-8H2,1H3. The minimum absolute atomic E-state index is 0.511. The van der Waals surface area contributed by atoms with Gasteiger partial charge in [-0.05, 0) is 62.6 Å². The lowest BCUT2D eigenvalue weighted by Gasteiger charge is -2.26. The van der Waals surface area contributed by atoms with Crippen molar-refractivity contribution >= 4 is 22.9 Å². The molecule has 1 heterocycles. The Morgan fingerprint density at radius 1 is 1.41 bits per heavy atom. The lowest BCUT2D eigenvalue weighted by atomic mass is 9.84. The summed E-state index contributed by atoms with van der Waals surface area (Å²) < 4.78 is 0.910. The fourth-order valence-electron chi connectivity index (χ4n) is 3.86. The predicted molar refractivity (Wildman–Crippen MR) is 74.7 cm³/mol. The molecule has 1 N–H and O–H groups in total. The molecule has 1 aromatic heterocycles. The Morgan fingerprint density at radius 2 is 2.29 bits per heavy atom. The van der Waals surface area contributed by atoms with E-state index in [0.29, 0.717) is 6.04 Å². The van der Waals surface area contributed by atoms with Crippen molar-refractivity contribution in [3.8, 4) is 0 Å². The van der Waals surface area contributed by atoms with Gasteiger partial charge in [-0.25, -0.2) is 0 Å². The van der Waals surface area contributed by atoms with E-state index in [1.807, 2.05) is 6.07 Å². The molecule has 2 saturated carbocycles. The smallest absolute Gasteiger partial charge is 0.0931 e. The third-order valence-corrected chi connectivity index (χ3v) is 6.05. The van der Waals surface area contributed by atoms with Crippen LogP contribution in [0.15, 0.2) is 12.1 Å². The molecule has 0 saturated heterocycles. The Kier molecular flexibility index (Phi) is 3.47. The van der Waals surface area contributed by atoms with Gasteiger partial charge >= 0.3 is 0 Å². The van der Waals surface area contributed by atoms with Crippen molar-refractivity contribution in [3.63, 3.8) is 0 Å². The summed E-state index contributed by atoms with van der Waals surface area (Å²) in [7, 11) is 2.07. The zero-order valence-electron chi connectivity index (χ0n) is 10.3. The van der Waals surface area contributed by atoms with E-state index in [-0.39, 0.29) is 0 Å². The first-order chi connectivity index (χ1) is 8.26. The molecule has 2 aliphatic carbocycles. The zero-order chi connectivity index (χ0) is 11.8. The van der Waals surface area contributed by atoms with Crippen molar-refractivity contribution in [2.45, 2.75) is 38.1 Å². The van der Waals surface area contributed by atoms with Gasteiger partial charge in [0, 0.05) is 10.9 Å². The van der Waals surface area contributed by atoms with Crippen molar-refractivity contribution in [1.29, 1.82) is 0 Å². The summed E-state index contributed by atoms with van der Waals surface area (Å²) in [6, 6.07) is 4.71. The van der Waals surface area contributed by atoms with E-state index in [0.717, 1.165) is 22.1 Å². The molecule has 1 aromatic rings. The highest BCUT2D eigenvalue weighted by molar-refractivity contribution is 7.16. The first kappa shape index (κ1) is 12.0. The maximum atomic E-state index is 6.03. The van der Waals surface area contributed by atoms with Crippen LogP contribution in [0.4, 0.5) is 0 Å². The molecule has 4 atom stereocenters. The van der Waals surface area contributed by atoms with Crippen LogP contribution in [0.25, 0.3) is 0 Å². The fraction of sp³-hybridized carbons (Fsp3) is 0.714. The molecule has 17 heavy (non-hydrogen) atoms.